The van der Waals surface area contributed by atoms with Gasteiger partial charge in [0.25, 0.3) is 0 Å². The van der Waals surface area contributed by atoms with Crippen molar-refractivity contribution < 1.29 is 23.5 Å². The van der Waals surface area contributed by atoms with Gasteiger partial charge in [-0.2, -0.15) is 0 Å². The summed E-state index contributed by atoms with van der Waals surface area (Å²) in [7, 11) is 5.63. The average Bonchev–Trinajstić information content (AvgIpc) is 2.69. The molecule has 0 radical (unpaired) electrons. The highest BCUT2D eigenvalue weighted by Crippen LogP contribution is 2.50. The van der Waals surface area contributed by atoms with Crippen LogP contribution in [-0.2, 0) is 11.2 Å². The van der Waals surface area contributed by atoms with Crippen molar-refractivity contribution in [3.63, 3.8) is 0 Å². The summed E-state index contributed by atoms with van der Waals surface area (Å²) in [6.45, 7) is 2.57. The van der Waals surface area contributed by atoms with Crippen LogP contribution in [0.4, 0.5) is 0 Å². The highest BCUT2D eigenvalue weighted by Gasteiger charge is 2.55. The second kappa shape index (κ2) is 6.89. The van der Waals surface area contributed by atoms with Crippen LogP contribution in [0.25, 0.3) is 0 Å². The lowest BCUT2D eigenvalue weighted by atomic mass is 9.75. The van der Waals surface area contributed by atoms with Gasteiger partial charge in [-0.3, -0.25) is 0 Å². The van der Waals surface area contributed by atoms with E-state index in [0.29, 0.717) is 24.1 Å². The zero-order chi connectivity index (χ0) is 19.0. The maximum atomic E-state index is 12.3. The average molecular weight is 368 g/mol. The molecule has 2 heterocycles. The smallest absolute Gasteiger partial charge is 0.338 e. The molecular formula is C22H26NO4+. The zero-order valence-corrected chi connectivity index (χ0v) is 16.1. The minimum atomic E-state index is -0.250. The molecule has 0 bridgehead atoms. The van der Waals surface area contributed by atoms with E-state index in [0.717, 1.165) is 35.5 Å². The van der Waals surface area contributed by atoms with Crippen LogP contribution in [0.3, 0.4) is 0 Å². The summed E-state index contributed by atoms with van der Waals surface area (Å²) >= 11 is 0. The first-order valence-electron chi connectivity index (χ1n) is 9.37. The molecule has 0 spiro atoms. The minimum Gasteiger partial charge on any atom is -0.493 e. The molecule has 0 aromatic heterocycles. The summed E-state index contributed by atoms with van der Waals surface area (Å²) < 4.78 is 17.6. The van der Waals surface area contributed by atoms with Gasteiger partial charge in [0.15, 0.2) is 11.5 Å². The van der Waals surface area contributed by atoms with Gasteiger partial charge in [0, 0.05) is 12.0 Å². The summed E-state index contributed by atoms with van der Waals surface area (Å²) in [5.41, 5.74) is 3.21. The van der Waals surface area contributed by atoms with E-state index in [1.54, 1.807) is 26.4 Å². The molecule has 2 aromatic carbocycles. The minimum absolute atomic E-state index is 0.250. The first kappa shape index (κ1) is 17.9. The Morgan fingerprint density at radius 3 is 2.52 bits per heavy atom. The van der Waals surface area contributed by atoms with E-state index in [4.69, 9.17) is 14.2 Å². The molecule has 142 valence electrons. The molecule has 0 unspecified atom stereocenters. The highest BCUT2D eigenvalue weighted by molar-refractivity contribution is 5.89. The summed E-state index contributed by atoms with van der Waals surface area (Å²) in [6, 6.07) is 13.7. The van der Waals surface area contributed by atoms with E-state index in [2.05, 4.69) is 19.2 Å². The van der Waals surface area contributed by atoms with Crippen LogP contribution in [-0.4, -0.2) is 51.4 Å². The summed E-state index contributed by atoms with van der Waals surface area (Å²) in [5, 5.41) is 0. The Labute approximate surface area is 160 Å². The number of fused-ring (bicyclic) bond motifs is 3. The fourth-order valence-corrected chi connectivity index (χ4v) is 4.73. The third kappa shape index (κ3) is 3.06. The SMILES string of the molecule is COc1cc2c(cc1OC)[C@H]1[C@@H](COC(=O)c3ccccc3)C[N@@+]1(C)CC2. The van der Waals surface area contributed by atoms with Crippen molar-refractivity contribution in [2.45, 2.75) is 12.5 Å². The van der Waals surface area contributed by atoms with Gasteiger partial charge in [-0.05, 0) is 29.8 Å². The molecular weight excluding hydrogens is 342 g/mol. The second-order valence-electron chi connectivity index (χ2n) is 7.71. The predicted octanol–water partition coefficient (Wildman–Crippen LogP) is 3.23. The molecule has 2 aliphatic heterocycles. The molecule has 3 atom stereocenters. The standard InChI is InChI=1S/C22H26NO4/c1-23-10-9-16-11-19(25-2)20(26-3)12-18(16)21(23)17(13-23)14-27-22(24)15-7-5-4-6-8-15/h4-8,11-12,17,21H,9-10,13-14H2,1-3H3/q+1/t17-,21-,23-/m1/s1. The highest BCUT2D eigenvalue weighted by atomic mass is 16.5. The summed E-state index contributed by atoms with van der Waals surface area (Å²) in [6.07, 6.45) is 1.03. The van der Waals surface area contributed by atoms with Crippen molar-refractivity contribution >= 4 is 5.97 Å². The monoisotopic (exact) mass is 368 g/mol. The van der Waals surface area contributed by atoms with Gasteiger partial charge in [-0.1, -0.05) is 18.2 Å². The van der Waals surface area contributed by atoms with Crippen LogP contribution in [0.5, 0.6) is 11.5 Å². The van der Waals surface area contributed by atoms with Crippen molar-refractivity contribution in [2.75, 3.05) is 41.0 Å². The number of rotatable bonds is 5. The fourth-order valence-electron chi connectivity index (χ4n) is 4.73. The van der Waals surface area contributed by atoms with Gasteiger partial charge in [0.1, 0.15) is 12.6 Å². The number of carbonyl (C=O) groups is 1. The lowest BCUT2D eigenvalue weighted by Crippen LogP contribution is -2.66. The Kier molecular flexibility index (Phi) is 4.56. The van der Waals surface area contributed by atoms with Crippen molar-refractivity contribution in [3.05, 3.63) is 59.2 Å². The number of likely N-dealkylation sites (N-methyl/N-ethyl adjacent to an activating group) is 1. The molecule has 5 nitrogen and oxygen atoms in total. The number of carbonyl (C=O) groups excluding carboxylic acids is 1. The van der Waals surface area contributed by atoms with E-state index < -0.39 is 0 Å². The summed E-state index contributed by atoms with van der Waals surface area (Å²) in [4.78, 5) is 12.3. The van der Waals surface area contributed by atoms with E-state index >= 15 is 0 Å². The molecule has 0 aliphatic carbocycles. The number of nitrogens with zero attached hydrogens (tertiary/aromatic N) is 1. The lowest BCUT2D eigenvalue weighted by molar-refractivity contribution is -0.992. The van der Waals surface area contributed by atoms with Crippen molar-refractivity contribution in [1.29, 1.82) is 0 Å². The number of ether oxygens (including phenoxy) is 3. The Morgan fingerprint density at radius 1 is 1.11 bits per heavy atom. The summed E-state index contributed by atoms with van der Waals surface area (Å²) in [5.74, 6) is 1.61. The second-order valence-corrected chi connectivity index (χ2v) is 7.71. The normalized spacial score (nSPS) is 25.6. The van der Waals surface area contributed by atoms with Crippen molar-refractivity contribution in [3.8, 4) is 11.5 Å². The fraction of sp³-hybridized carbons (Fsp3) is 0.409. The van der Waals surface area contributed by atoms with Gasteiger partial charge >= 0.3 is 5.97 Å². The van der Waals surface area contributed by atoms with Gasteiger partial charge in [0.2, 0.25) is 0 Å². The van der Waals surface area contributed by atoms with Crippen LogP contribution < -0.4 is 9.47 Å². The molecule has 2 aromatic rings. The van der Waals surface area contributed by atoms with Gasteiger partial charge in [0.05, 0.1) is 45.8 Å². The molecule has 0 amide bonds. The van der Waals surface area contributed by atoms with Crippen LogP contribution in [0.15, 0.2) is 42.5 Å². The van der Waals surface area contributed by atoms with E-state index in [1.165, 1.54) is 11.1 Å². The third-order valence-electron chi connectivity index (χ3n) is 6.06. The number of hydrogen-bond acceptors (Lipinski definition) is 4. The number of benzene rings is 2. The van der Waals surface area contributed by atoms with Crippen molar-refractivity contribution in [2.24, 2.45) is 5.92 Å². The van der Waals surface area contributed by atoms with Gasteiger partial charge in [-0.25, -0.2) is 4.79 Å². The number of hydrogen-bond donors (Lipinski definition) is 0. The Hall–Kier alpha value is -2.53. The Bertz CT molecular complexity index is 851. The van der Waals surface area contributed by atoms with Crippen LogP contribution in [0, 0.1) is 5.92 Å². The molecule has 1 fully saturated rings. The topological polar surface area (TPSA) is 44.8 Å². The number of quaternary nitrogens is 1. The zero-order valence-electron chi connectivity index (χ0n) is 16.1. The number of methoxy groups -OCH3 is 2. The largest absolute Gasteiger partial charge is 0.493 e. The first-order chi connectivity index (χ1) is 13.1. The van der Waals surface area contributed by atoms with E-state index in [1.807, 2.05) is 18.2 Å². The maximum absolute atomic E-state index is 12.3. The molecule has 4 rings (SSSR count). The van der Waals surface area contributed by atoms with Gasteiger partial charge in [-0.15, -0.1) is 0 Å². The molecule has 5 heteroatoms. The molecule has 2 aliphatic rings. The Morgan fingerprint density at radius 2 is 1.81 bits per heavy atom. The van der Waals surface area contributed by atoms with E-state index in [-0.39, 0.29) is 5.97 Å². The first-order valence-corrected chi connectivity index (χ1v) is 9.37. The molecule has 1 saturated heterocycles. The Balaban J connectivity index is 1.54. The van der Waals surface area contributed by atoms with E-state index in [9.17, 15) is 4.79 Å². The quantitative estimate of drug-likeness (QED) is 0.600. The maximum Gasteiger partial charge on any atom is 0.338 e. The molecule has 27 heavy (non-hydrogen) atoms. The number of esters is 1. The van der Waals surface area contributed by atoms with Crippen LogP contribution >= 0.6 is 0 Å². The van der Waals surface area contributed by atoms with Crippen LogP contribution in [0.1, 0.15) is 27.5 Å². The van der Waals surface area contributed by atoms with Crippen molar-refractivity contribution in [1.82, 2.24) is 0 Å². The molecule has 0 saturated carbocycles. The van der Waals surface area contributed by atoms with Gasteiger partial charge < -0.3 is 18.7 Å². The third-order valence-corrected chi connectivity index (χ3v) is 6.06. The molecule has 0 N–H and O–H groups in total. The van der Waals surface area contributed by atoms with Crippen LogP contribution in [0.2, 0.25) is 0 Å². The lowest BCUT2D eigenvalue weighted by Gasteiger charge is -2.57. The predicted molar refractivity (Wildman–Crippen MR) is 102 cm³/mol.